The summed E-state index contributed by atoms with van der Waals surface area (Å²) in [6.45, 7) is 3.17. The second kappa shape index (κ2) is 5.48. The fourth-order valence-electron chi connectivity index (χ4n) is 2.18. The average Bonchev–Trinajstić information content (AvgIpc) is 2.36. The molecule has 0 spiro atoms. The molecule has 112 valence electrons. The molecule has 0 fully saturated rings. The van der Waals surface area contributed by atoms with E-state index in [1.165, 1.54) is 25.1 Å². The molecule has 5 heteroatoms. The highest BCUT2D eigenvalue weighted by Crippen LogP contribution is 2.33. The summed E-state index contributed by atoms with van der Waals surface area (Å²) >= 11 is 0. The number of aliphatic hydroxyl groups is 1. The van der Waals surface area contributed by atoms with Crippen molar-refractivity contribution in [1.29, 1.82) is 0 Å². The second-order valence-corrected chi connectivity index (χ2v) is 5.00. The molecule has 21 heavy (non-hydrogen) atoms. The van der Waals surface area contributed by atoms with Crippen LogP contribution < -0.4 is 0 Å². The summed E-state index contributed by atoms with van der Waals surface area (Å²) in [6, 6.07) is 7.37. The minimum Gasteiger partial charge on any atom is -0.384 e. The number of benzene rings is 2. The highest BCUT2D eigenvalue weighted by molar-refractivity contribution is 5.39. The number of aryl methyl sites for hydroxylation is 2. The molecule has 1 N–H and O–H groups in total. The van der Waals surface area contributed by atoms with Crippen molar-refractivity contribution in [1.82, 2.24) is 0 Å². The van der Waals surface area contributed by atoms with Crippen LogP contribution in [0.25, 0.3) is 0 Å². The number of hydrogen-bond acceptors (Lipinski definition) is 1. The Kier molecular flexibility index (Phi) is 4.05. The maximum absolute atomic E-state index is 13.8. The molecule has 0 bridgehead atoms. The van der Waals surface area contributed by atoms with E-state index < -0.39 is 23.7 Å². The molecule has 0 aliphatic rings. The van der Waals surface area contributed by atoms with Gasteiger partial charge in [0.2, 0.25) is 0 Å². The Bertz CT molecular complexity index is 662. The Balaban J connectivity index is 2.42. The molecule has 0 saturated carbocycles. The molecule has 0 aliphatic carbocycles. The van der Waals surface area contributed by atoms with E-state index in [1.54, 1.807) is 13.0 Å². The molecule has 2 rings (SSSR count). The minimum atomic E-state index is -4.44. The van der Waals surface area contributed by atoms with E-state index in [9.17, 15) is 22.7 Å². The predicted octanol–water partition coefficient (Wildman–Crippen LogP) is 4.54. The molecule has 1 nitrogen and oxygen atoms in total. The first kappa shape index (κ1) is 15.5. The van der Waals surface area contributed by atoms with Crippen LogP contribution in [0.15, 0.2) is 36.4 Å². The standard InChI is InChI=1S/C16H14F4O/c1-9-3-5-13(14(17)7-9)15(21)12-6-4-11(8-10(12)2)16(18,19)20/h3-8,15,21H,1-2H3. The van der Waals surface area contributed by atoms with E-state index in [-0.39, 0.29) is 16.7 Å². The lowest BCUT2D eigenvalue weighted by Gasteiger charge is -2.17. The van der Waals surface area contributed by atoms with Crippen molar-refractivity contribution in [3.05, 3.63) is 70.0 Å². The summed E-state index contributed by atoms with van der Waals surface area (Å²) < 4.78 is 51.7. The quantitative estimate of drug-likeness (QED) is 0.807. The third-order valence-corrected chi connectivity index (χ3v) is 3.34. The van der Waals surface area contributed by atoms with E-state index >= 15 is 0 Å². The van der Waals surface area contributed by atoms with Gasteiger partial charge >= 0.3 is 6.18 Å². The van der Waals surface area contributed by atoms with Crippen LogP contribution in [0.4, 0.5) is 17.6 Å². The van der Waals surface area contributed by atoms with Crippen LogP contribution in [0.5, 0.6) is 0 Å². The minimum absolute atomic E-state index is 0.0449. The van der Waals surface area contributed by atoms with Gasteiger partial charge < -0.3 is 5.11 Å². The fourth-order valence-corrected chi connectivity index (χ4v) is 2.18. The molecule has 1 unspecified atom stereocenters. The zero-order valence-corrected chi connectivity index (χ0v) is 11.5. The fraction of sp³-hybridized carbons (Fsp3) is 0.250. The smallest absolute Gasteiger partial charge is 0.384 e. The molecule has 0 saturated heterocycles. The second-order valence-electron chi connectivity index (χ2n) is 5.00. The van der Waals surface area contributed by atoms with Crippen molar-refractivity contribution in [2.75, 3.05) is 0 Å². The molecule has 0 aliphatic heterocycles. The summed E-state index contributed by atoms with van der Waals surface area (Å²) in [4.78, 5) is 0. The average molecular weight is 298 g/mol. The lowest BCUT2D eigenvalue weighted by Crippen LogP contribution is -2.09. The van der Waals surface area contributed by atoms with E-state index in [1.807, 2.05) is 0 Å². The van der Waals surface area contributed by atoms with Crippen molar-refractivity contribution in [3.63, 3.8) is 0 Å². The highest BCUT2D eigenvalue weighted by Gasteiger charge is 2.31. The summed E-state index contributed by atoms with van der Waals surface area (Å²) in [6.07, 6.45) is -5.74. The van der Waals surface area contributed by atoms with Gasteiger partial charge in [-0.1, -0.05) is 18.2 Å². The maximum atomic E-state index is 13.8. The summed E-state index contributed by atoms with van der Waals surface area (Å²) in [5.74, 6) is -0.582. The van der Waals surface area contributed by atoms with Crippen LogP contribution in [0.3, 0.4) is 0 Å². The lowest BCUT2D eigenvalue weighted by molar-refractivity contribution is -0.137. The van der Waals surface area contributed by atoms with Gasteiger partial charge in [-0.15, -0.1) is 0 Å². The van der Waals surface area contributed by atoms with Gasteiger partial charge in [-0.05, 0) is 48.7 Å². The SMILES string of the molecule is Cc1ccc(C(O)c2ccc(C(F)(F)F)cc2C)c(F)c1. The first-order valence-electron chi connectivity index (χ1n) is 6.32. The van der Waals surface area contributed by atoms with Gasteiger partial charge in [0.1, 0.15) is 11.9 Å². The normalized spacial score (nSPS) is 13.3. The molecule has 2 aromatic rings. The third kappa shape index (κ3) is 3.24. The number of aliphatic hydroxyl groups excluding tert-OH is 1. The van der Waals surface area contributed by atoms with Crippen LogP contribution in [0.1, 0.15) is 33.9 Å². The molecule has 0 radical (unpaired) electrons. The molecule has 2 aromatic carbocycles. The van der Waals surface area contributed by atoms with Gasteiger partial charge in [0.15, 0.2) is 0 Å². The van der Waals surface area contributed by atoms with Crippen molar-refractivity contribution < 1.29 is 22.7 Å². The molecule has 1 atom stereocenters. The predicted molar refractivity (Wildman–Crippen MR) is 71.4 cm³/mol. The van der Waals surface area contributed by atoms with Gasteiger partial charge in [-0.25, -0.2) is 4.39 Å². The number of alkyl halides is 3. The van der Waals surface area contributed by atoms with E-state index in [0.717, 1.165) is 12.1 Å². The maximum Gasteiger partial charge on any atom is 0.416 e. The highest BCUT2D eigenvalue weighted by atomic mass is 19.4. The Hall–Kier alpha value is -1.88. The zero-order chi connectivity index (χ0) is 15.8. The number of hydrogen-bond donors (Lipinski definition) is 1. The van der Waals surface area contributed by atoms with Gasteiger partial charge in [-0.2, -0.15) is 13.2 Å². The molecular weight excluding hydrogens is 284 g/mol. The Morgan fingerprint density at radius 3 is 2.10 bits per heavy atom. The molecule has 0 amide bonds. The molecular formula is C16H14F4O. The van der Waals surface area contributed by atoms with Crippen LogP contribution in [0, 0.1) is 19.7 Å². The van der Waals surface area contributed by atoms with Crippen molar-refractivity contribution in [3.8, 4) is 0 Å². The third-order valence-electron chi connectivity index (χ3n) is 3.34. The molecule has 0 heterocycles. The van der Waals surface area contributed by atoms with Crippen LogP contribution in [-0.4, -0.2) is 5.11 Å². The zero-order valence-electron chi connectivity index (χ0n) is 11.5. The van der Waals surface area contributed by atoms with Crippen molar-refractivity contribution in [2.45, 2.75) is 26.1 Å². The number of rotatable bonds is 2. The van der Waals surface area contributed by atoms with Crippen LogP contribution in [-0.2, 0) is 6.18 Å². The number of halogens is 4. The summed E-state index contributed by atoms with van der Waals surface area (Å²) in [7, 11) is 0. The first-order valence-corrected chi connectivity index (χ1v) is 6.32. The van der Waals surface area contributed by atoms with Gasteiger partial charge in [0, 0.05) is 5.56 Å². The van der Waals surface area contributed by atoms with E-state index in [2.05, 4.69) is 0 Å². The van der Waals surface area contributed by atoms with Crippen molar-refractivity contribution >= 4 is 0 Å². The summed E-state index contributed by atoms with van der Waals surface area (Å²) in [5, 5.41) is 10.2. The Morgan fingerprint density at radius 2 is 1.57 bits per heavy atom. The van der Waals surface area contributed by atoms with E-state index in [4.69, 9.17) is 0 Å². The largest absolute Gasteiger partial charge is 0.416 e. The monoisotopic (exact) mass is 298 g/mol. The summed E-state index contributed by atoms with van der Waals surface area (Å²) in [5.41, 5.74) is 0.472. The van der Waals surface area contributed by atoms with Gasteiger partial charge in [0.05, 0.1) is 5.56 Å². The molecule has 0 aromatic heterocycles. The van der Waals surface area contributed by atoms with Crippen molar-refractivity contribution in [2.24, 2.45) is 0 Å². The van der Waals surface area contributed by atoms with Gasteiger partial charge in [0.25, 0.3) is 0 Å². The Labute approximate surface area is 119 Å². The lowest BCUT2D eigenvalue weighted by atomic mass is 9.95. The van der Waals surface area contributed by atoms with E-state index in [0.29, 0.717) is 5.56 Å². The topological polar surface area (TPSA) is 20.2 Å². The van der Waals surface area contributed by atoms with Gasteiger partial charge in [-0.3, -0.25) is 0 Å². The first-order chi connectivity index (χ1) is 9.70. The van der Waals surface area contributed by atoms with Crippen LogP contribution in [0.2, 0.25) is 0 Å². The van der Waals surface area contributed by atoms with Crippen LogP contribution >= 0.6 is 0 Å². The Morgan fingerprint density at radius 1 is 0.952 bits per heavy atom.